The second-order valence-corrected chi connectivity index (χ2v) is 5.87. The van der Waals surface area contributed by atoms with Crippen molar-refractivity contribution in [3.8, 4) is 0 Å². The van der Waals surface area contributed by atoms with Crippen molar-refractivity contribution in [3.05, 3.63) is 17.9 Å². The Balaban J connectivity index is 2.25. The molecule has 11 heteroatoms. The van der Waals surface area contributed by atoms with Crippen LogP contribution >= 0.6 is 0 Å². The lowest BCUT2D eigenvalue weighted by Gasteiger charge is -2.00. The minimum absolute atomic E-state index is 0.0490. The third-order valence-corrected chi connectivity index (χ3v) is 3.40. The van der Waals surface area contributed by atoms with Gasteiger partial charge in [0.15, 0.2) is 0 Å². The summed E-state index contributed by atoms with van der Waals surface area (Å²) < 4.78 is 35.1. The Kier molecular flexibility index (Phi) is 7.38. The van der Waals surface area contributed by atoms with Gasteiger partial charge in [0.1, 0.15) is 5.76 Å². The van der Waals surface area contributed by atoms with Gasteiger partial charge in [-0.25, -0.2) is 10.9 Å². The number of carbonyl (C=O) groups excluding carboxylic acids is 2. The monoisotopic (exact) mass is 347 g/mol. The van der Waals surface area contributed by atoms with E-state index in [9.17, 15) is 18.0 Å². The van der Waals surface area contributed by atoms with Crippen molar-refractivity contribution >= 4 is 28.1 Å². The first-order chi connectivity index (χ1) is 10.8. The quantitative estimate of drug-likeness (QED) is 0.166. The molecule has 23 heavy (non-hydrogen) atoms. The summed E-state index contributed by atoms with van der Waals surface area (Å²) in [5.41, 5.74) is 3.75. The highest BCUT2D eigenvalue weighted by Crippen LogP contribution is 2.11. The van der Waals surface area contributed by atoms with Crippen LogP contribution in [-0.2, 0) is 19.7 Å². The van der Waals surface area contributed by atoms with Gasteiger partial charge in [0, 0.05) is 12.8 Å². The molecule has 1 heterocycles. The Hall–Kier alpha value is -2.24. The van der Waals surface area contributed by atoms with Gasteiger partial charge in [0.05, 0.1) is 6.21 Å². The van der Waals surface area contributed by atoms with Crippen molar-refractivity contribution in [3.63, 3.8) is 0 Å². The first-order valence-corrected chi connectivity index (χ1v) is 8.09. The molecule has 0 saturated heterocycles. The van der Waals surface area contributed by atoms with Crippen LogP contribution in [0.15, 0.2) is 26.7 Å². The molecule has 0 fully saturated rings. The second-order valence-electron chi connectivity index (χ2n) is 4.52. The Morgan fingerprint density at radius 3 is 2.39 bits per heavy atom. The van der Waals surface area contributed by atoms with Gasteiger partial charge in [-0.2, -0.15) is 13.5 Å². The van der Waals surface area contributed by atoms with Crippen LogP contribution in [0, 0.1) is 0 Å². The molecule has 128 valence electrons. The molecular weight excluding hydrogens is 330 g/mol. The maximum absolute atomic E-state index is 11.4. The fraction of sp³-hybridized carbons (Fsp3) is 0.417. The van der Waals surface area contributed by atoms with Crippen molar-refractivity contribution in [1.29, 1.82) is 0 Å². The molecule has 10 nitrogen and oxygen atoms in total. The van der Waals surface area contributed by atoms with E-state index in [0.717, 1.165) is 12.3 Å². The Morgan fingerprint density at radius 1 is 1.17 bits per heavy atom. The zero-order valence-corrected chi connectivity index (χ0v) is 12.9. The highest BCUT2D eigenvalue weighted by molar-refractivity contribution is 7.85. The third kappa shape index (κ3) is 7.54. The van der Waals surface area contributed by atoms with E-state index < -0.39 is 21.1 Å². The van der Waals surface area contributed by atoms with Crippen molar-refractivity contribution in [2.75, 3.05) is 0 Å². The first kappa shape index (κ1) is 18.8. The Labute approximate surface area is 132 Å². The molecule has 0 saturated carbocycles. The highest BCUT2D eigenvalue weighted by atomic mass is 32.2. The lowest BCUT2D eigenvalue weighted by atomic mass is 10.1. The number of hydrogen-bond donors (Lipinski definition) is 4. The summed E-state index contributed by atoms with van der Waals surface area (Å²) >= 11 is 0. The van der Waals surface area contributed by atoms with Crippen LogP contribution in [0.5, 0.6) is 0 Å². The summed E-state index contributed by atoms with van der Waals surface area (Å²) in [6.07, 6.45) is 3.22. The average molecular weight is 347 g/mol. The van der Waals surface area contributed by atoms with Gasteiger partial charge < -0.3 is 4.42 Å². The lowest BCUT2D eigenvalue weighted by molar-refractivity contribution is -0.129. The number of carbonyl (C=O) groups is 2. The van der Waals surface area contributed by atoms with E-state index in [1.54, 1.807) is 0 Å². The SMILES string of the molecule is O=C(CCCCCC(=O)N/N=C/c1ccc(S(=O)(=O)O)o1)NO. The Morgan fingerprint density at radius 2 is 1.83 bits per heavy atom. The Bertz CT molecular complexity index is 666. The van der Waals surface area contributed by atoms with Crippen molar-refractivity contribution < 1.29 is 32.2 Å². The van der Waals surface area contributed by atoms with E-state index in [0.29, 0.717) is 19.3 Å². The molecule has 0 radical (unpaired) electrons. The fourth-order valence-electron chi connectivity index (χ4n) is 1.57. The molecule has 0 bridgehead atoms. The minimum atomic E-state index is -4.41. The molecular formula is C12H17N3O7S. The molecule has 1 aromatic rings. The van der Waals surface area contributed by atoms with Gasteiger partial charge >= 0.3 is 10.1 Å². The number of rotatable bonds is 9. The number of nitrogens with one attached hydrogen (secondary N) is 2. The summed E-state index contributed by atoms with van der Waals surface area (Å²) in [5, 5.41) is 11.3. The standard InChI is InChI=1S/C12H17N3O7S/c16-10(4-2-1-3-5-11(17)15-18)14-13-8-9-6-7-12(22-9)23(19,20)21/h6-8,18H,1-5H2,(H,14,16)(H,15,17)(H,19,20,21)/b13-8+. The molecule has 0 unspecified atom stereocenters. The molecule has 1 aromatic heterocycles. The average Bonchev–Trinajstić information content (AvgIpc) is 2.95. The van der Waals surface area contributed by atoms with Gasteiger partial charge in [-0.05, 0) is 25.0 Å². The van der Waals surface area contributed by atoms with Gasteiger partial charge in [0.2, 0.25) is 16.9 Å². The van der Waals surface area contributed by atoms with E-state index >= 15 is 0 Å². The van der Waals surface area contributed by atoms with E-state index in [-0.39, 0.29) is 24.5 Å². The normalized spacial score (nSPS) is 11.6. The molecule has 0 aliphatic carbocycles. The van der Waals surface area contributed by atoms with Crippen molar-refractivity contribution in [2.45, 2.75) is 37.2 Å². The summed E-state index contributed by atoms with van der Waals surface area (Å²) in [6.45, 7) is 0. The summed E-state index contributed by atoms with van der Waals surface area (Å²) in [7, 11) is -4.41. The van der Waals surface area contributed by atoms with Crippen LogP contribution in [0.1, 0.15) is 37.9 Å². The number of unbranched alkanes of at least 4 members (excludes halogenated alkanes) is 2. The number of hydroxylamine groups is 1. The second kappa shape index (κ2) is 9.02. The maximum Gasteiger partial charge on any atom is 0.328 e. The topological polar surface area (TPSA) is 158 Å². The van der Waals surface area contributed by atoms with E-state index in [1.807, 2.05) is 0 Å². The zero-order chi connectivity index (χ0) is 17.3. The van der Waals surface area contributed by atoms with Crippen LogP contribution in [0.4, 0.5) is 0 Å². The molecule has 0 aromatic carbocycles. The van der Waals surface area contributed by atoms with Gasteiger partial charge in [-0.3, -0.25) is 19.3 Å². The predicted molar refractivity (Wildman–Crippen MR) is 77.3 cm³/mol. The summed E-state index contributed by atoms with van der Waals surface area (Å²) in [5.74, 6) is -0.774. The van der Waals surface area contributed by atoms with Gasteiger partial charge in [-0.15, -0.1) is 0 Å². The van der Waals surface area contributed by atoms with Crippen LogP contribution in [-0.4, -0.2) is 36.2 Å². The highest BCUT2D eigenvalue weighted by Gasteiger charge is 2.13. The number of amides is 2. The minimum Gasteiger partial charge on any atom is -0.441 e. The number of hydrazone groups is 1. The molecule has 4 N–H and O–H groups in total. The molecule has 0 aliphatic heterocycles. The van der Waals surface area contributed by atoms with Crippen LogP contribution in [0.2, 0.25) is 0 Å². The van der Waals surface area contributed by atoms with E-state index in [4.69, 9.17) is 14.2 Å². The third-order valence-electron chi connectivity index (χ3n) is 2.67. The summed E-state index contributed by atoms with van der Waals surface area (Å²) in [6, 6.07) is 2.33. The largest absolute Gasteiger partial charge is 0.441 e. The number of furan rings is 1. The lowest BCUT2D eigenvalue weighted by Crippen LogP contribution is -2.18. The molecule has 2 amide bonds. The van der Waals surface area contributed by atoms with Crippen LogP contribution < -0.4 is 10.9 Å². The fourth-order valence-corrected chi connectivity index (χ4v) is 2.01. The van der Waals surface area contributed by atoms with Crippen LogP contribution in [0.25, 0.3) is 0 Å². The molecule has 0 spiro atoms. The zero-order valence-electron chi connectivity index (χ0n) is 12.1. The summed E-state index contributed by atoms with van der Waals surface area (Å²) in [4.78, 5) is 22.2. The number of nitrogens with zero attached hydrogens (tertiary/aromatic N) is 1. The van der Waals surface area contributed by atoms with Crippen molar-refractivity contribution in [1.82, 2.24) is 10.9 Å². The molecule has 0 aliphatic rings. The van der Waals surface area contributed by atoms with Crippen molar-refractivity contribution in [2.24, 2.45) is 5.10 Å². The van der Waals surface area contributed by atoms with Crippen LogP contribution in [0.3, 0.4) is 0 Å². The van der Waals surface area contributed by atoms with Gasteiger partial charge in [0.25, 0.3) is 0 Å². The smallest absolute Gasteiger partial charge is 0.328 e. The predicted octanol–water partition coefficient (Wildman–Crippen LogP) is 0.432. The number of hydrogen-bond acceptors (Lipinski definition) is 7. The van der Waals surface area contributed by atoms with Gasteiger partial charge in [-0.1, -0.05) is 6.42 Å². The first-order valence-electron chi connectivity index (χ1n) is 6.65. The molecule has 1 rings (SSSR count). The maximum atomic E-state index is 11.4. The molecule has 0 atom stereocenters. The van der Waals surface area contributed by atoms with E-state index in [2.05, 4.69) is 10.5 Å². The van der Waals surface area contributed by atoms with E-state index in [1.165, 1.54) is 11.5 Å².